The highest BCUT2D eigenvalue weighted by atomic mass is 35.5. The molecule has 152 valence electrons. The smallest absolute Gasteiger partial charge is 0.320 e. The first-order chi connectivity index (χ1) is 14.6. The van der Waals surface area contributed by atoms with Crippen molar-refractivity contribution in [1.82, 2.24) is 4.90 Å². The number of para-hydroxylation sites is 2. The Labute approximate surface area is 180 Å². The minimum Gasteiger partial charge on any atom is -0.320 e. The van der Waals surface area contributed by atoms with Crippen LogP contribution in [0.4, 0.5) is 16.2 Å². The molecule has 0 aromatic heterocycles. The van der Waals surface area contributed by atoms with Crippen molar-refractivity contribution in [2.24, 2.45) is 0 Å². The summed E-state index contributed by atoms with van der Waals surface area (Å²) in [6.45, 7) is 1.71. The van der Waals surface area contributed by atoms with Gasteiger partial charge in [-0.1, -0.05) is 60.1 Å². The molecule has 0 unspecified atom stereocenters. The summed E-state index contributed by atoms with van der Waals surface area (Å²) in [7, 11) is 0. The normalized spacial score (nSPS) is 14.0. The van der Waals surface area contributed by atoms with Gasteiger partial charge < -0.3 is 10.2 Å². The Morgan fingerprint density at radius 1 is 0.900 bits per heavy atom. The lowest BCUT2D eigenvalue weighted by atomic mass is 10.1. The molecule has 30 heavy (non-hydrogen) atoms. The lowest BCUT2D eigenvalue weighted by molar-refractivity contribution is 0.102. The lowest BCUT2D eigenvalue weighted by Crippen LogP contribution is -2.49. The van der Waals surface area contributed by atoms with Crippen LogP contribution in [0.5, 0.6) is 0 Å². The molecule has 0 radical (unpaired) electrons. The largest absolute Gasteiger partial charge is 0.324 e. The molecule has 1 heterocycles. The zero-order valence-corrected chi connectivity index (χ0v) is 17.2. The van der Waals surface area contributed by atoms with Crippen LogP contribution in [-0.4, -0.2) is 29.9 Å². The van der Waals surface area contributed by atoms with E-state index < -0.39 is 0 Å². The number of benzene rings is 3. The molecule has 3 aromatic carbocycles. The zero-order valence-electron chi connectivity index (χ0n) is 16.4. The Kier molecular flexibility index (Phi) is 6.00. The molecular formula is C24H22ClN3O2. The third-order valence-electron chi connectivity index (χ3n) is 5.11. The summed E-state index contributed by atoms with van der Waals surface area (Å²) in [6, 6.07) is 23.9. The van der Waals surface area contributed by atoms with E-state index in [0.717, 1.165) is 12.0 Å². The van der Waals surface area contributed by atoms with Gasteiger partial charge in [-0.25, -0.2) is 4.79 Å². The first-order valence-electron chi connectivity index (χ1n) is 9.89. The predicted octanol–water partition coefficient (Wildman–Crippen LogP) is 5.42. The highest BCUT2D eigenvalue weighted by Gasteiger charge is 2.28. The molecular weight excluding hydrogens is 398 g/mol. The topological polar surface area (TPSA) is 52.7 Å². The van der Waals surface area contributed by atoms with Gasteiger partial charge >= 0.3 is 6.03 Å². The van der Waals surface area contributed by atoms with Gasteiger partial charge in [-0.15, -0.1) is 0 Å². The van der Waals surface area contributed by atoms with Crippen molar-refractivity contribution in [1.29, 1.82) is 0 Å². The second kappa shape index (κ2) is 9.01. The molecule has 1 N–H and O–H groups in total. The molecule has 0 aliphatic carbocycles. The van der Waals surface area contributed by atoms with E-state index in [1.807, 2.05) is 66.7 Å². The number of anilines is 2. The van der Waals surface area contributed by atoms with Crippen LogP contribution in [0.15, 0.2) is 78.9 Å². The number of rotatable bonds is 5. The number of urea groups is 1. The summed E-state index contributed by atoms with van der Waals surface area (Å²) < 4.78 is 0. The van der Waals surface area contributed by atoms with Gasteiger partial charge in [0.2, 0.25) is 0 Å². The third-order valence-corrected chi connectivity index (χ3v) is 5.48. The van der Waals surface area contributed by atoms with Gasteiger partial charge in [-0.2, -0.15) is 0 Å². The fourth-order valence-corrected chi connectivity index (χ4v) is 3.78. The molecule has 0 spiro atoms. The van der Waals surface area contributed by atoms with E-state index in [4.69, 9.17) is 11.6 Å². The standard InChI is InChI=1S/C24H22ClN3O2/c25-20-12-5-4-11-19(20)17-27-15-8-16-28(24(27)30)22-14-7-6-13-21(22)26-23(29)18-9-2-1-3-10-18/h1-7,9-14H,8,15-17H2,(H,26,29). The Morgan fingerprint density at radius 3 is 2.40 bits per heavy atom. The fraction of sp³-hybridized carbons (Fsp3) is 0.167. The van der Waals surface area contributed by atoms with Crippen molar-refractivity contribution in [3.8, 4) is 0 Å². The molecule has 0 atom stereocenters. The SMILES string of the molecule is O=C(Nc1ccccc1N1CCCN(Cc2ccccc2Cl)C1=O)c1ccccc1. The molecule has 6 heteroatoms. The molecule has 0 bridgehead atoms. The van der Waals surface area contributed by atoms with Crippen LogP contribution >= 0.6 is 11.6 Å². The van der Waals surface area contributed by atoms with Crippen LogP contribution < -0.4 is 10.2 Å². The first-order valence-corrected chi connectivity index (χ1v) is 10.3. The van der Waals surface area contributed by atoms with E-state index in [2.05, 4.69) is 5.32 Å². The highest BCUT2D eigenvalue weighted by Crippen LogP contribution is 2.30. The summed E-state index contributed by atoms with van der Waals surface area (Å²) in [5, 5.41) is 3.60. The Balaban J connectivity index is 1.55. The average molecular weight is 420 g/mol. The Bertz CT molecular complexity index is 1060. The molecule has 4 rings (SSSR count). The predicted molar refractivity (Wildman–Crippen MR) is 120 cm³/mol. The van der Waals surface area contributed by atoms with Gasteiger partial charge in [-0.05, 0) is 42.3 Å². The van der Waals surface area contributed by atoms with E-state index in [-0.39, 0.29) is 11.9 Å². The first kappa shape index (κ1) is 20.0. The van der Waals surface area contributed by atoms with Crippen molar-refractivity contribution in [2.75, 3.05) is 23.3 Å². The number of halogens is 1. The Hall–Kier alpha value is -3.31. The molecule has 1 saturated heterocycles. The van der Waals surface area contributed by atoms with E-state index in [1.165, 1.54) is 0 Å². The number of nitrogens with zero attached hydrogens (tertiary/aromatic N) is 2. The number of carbonyl (C=O) groups is 2. The van der Waals surface area contributed by atoms with E-state index >= 15 is 0 Å². The van der Waals surface area contributed by atoms with Crippen LogP contribution in [-0.2, 0) is 6.54 Å². The third kappa shape index (κ3) is 4.31. The van der Waals surface area contributed by atoms with E-state index in [9.17, 15) is 9.59 Å². The van der Waals surface area contributed by atoms with Crippen LogP contribution in [0, 0.1) is 0 Å². The summed E-state index contributed by atoms with van der Waals surface area (Å²) in [4.78, 5) is 29.4. The van der Waals surface area contributed by atoms with Gasteiger partial charge in [0.25, 0.3) is 5.91 Å². The van der Waals surface area contributed by atoms with Crippen molar-refractivity contribution < 1.29 is 9.59 Å². The summed E-state index contributed by atoms with van der Waals surface area (Å²) in [6.07, 6.45) is 0.831. The van der Waals surface area contributed by atoms with E-state index in [1.54, 1.807) is 21.9 Å². The quantitative estimate of drug-likeness (QED) is 0.599. The summed E-state index contributed by atoms with van der Waals surface area (Å²) >= 11 is 6.29. The maximum atomic E-state index is 13.2. The van der Waals surface area contributed by atoms with Gasteiger partial charge in [0, 0.05) is 30.2 Å². The highest BCUT2D eigenvalue weighted by molar-refractivity contribution is 6.31. The number of carbonyl (C=O) groups excluding carboxylic acids is 2. The maximum Gasteiger partial charge on any atom is 0.324 e. The second-order valence-corrected chi connectivity index (χ2v) is 7.55. The maximum absolute atomic E-state index is 13.2. The number of hydrogen-bond acceptors (Lipinski definition) is 2. The Morgan fingerprint density at radius 2 is 1.60 bits per heavy atom. The molecule has 1 aliphatic heterocycles. The van der Waals surface area contributed by atoms with Gasteiger partial charge in [-0.3, -0.25) is 9.69 Å². The number of amides is 3. The summed E-state index contributed by atoms with van der Waals surface area (Å²) in [5.74, 6) is -0.208. The van der Waals surface area contributed by atoms with Crippen LogP contribution in [0.2, 0.25) is 5.02 Å². The van der Waals surface area contributed by atoms with Crippen molar-refractivity contribution in [3.05, 3.63) is 95.0 Å². The van der Waals surface area contributed by atoms with E-state index in [0.29, 0.717) is 41.6 Å². The molecule has 0 saturated carbocycles. The minimum absolute atomic E-state index is 0.0948. The molecule has 1 aliphatic rings. The number of hydrogen-bond donors (Lipinski definition) is 1. The van der Waals surface area contributed by atoms with Crippen LogP contribution in [0.25, 0.3) is 0 Å². The van der Waals surface area contributed by atoms with Crippen molar-refractivity contribution in [3.63, 3.8) is 0 Å². The molecule has 3 amide bonds. The minimum atomic E-state index is -0.208. The monoisotopic (exact) mass is 419 g/mol. The second-order valence-electron chi connectivity index (χ2n) is 7.14. The van der Waals surface area contributed by atoms with Crippen LogP contribution in [0.3, 0.4) is 0 Å². The molecule has 1 fully saturated rings. The van der Waals surface area contributed by atoms with Gasteiger partial charge in [0.1, 0.15) is 0 Å². The lowest BCUT2D eigenvalue weighted by Gasteiger charge is -2.36. The molecule has 3 aromatic rings. The average Bonchev–Trinajstić information content (AvgIpc) is 2.78. The fourth-order valence-electron chi connectivity index (χ4n) is 3.58. The van der Waals surface area contributed by atoms with Gasteiger partial charge in [0.15, 0.2) is 0 Å². The van der Waals surface area contributed by atoms with Gasteiger partial charge in [0.05, 0.1) is 11.4 Å². The molecule has 5 nitrogen and oxygen atoms in total. The van der Waals surface area contributed by atoms with Crippen molar-refractivity contribution in [2.45, 2.75) is 13.0 Å². The van der Waals surface area contributed by atoms with Crippen molar-refractivity contribution >= 4 is 34.9 Å². The van der Waals surface area contributed by atoms with Crippen LogP contribution in [0.1, 0.15) is 22.3 Å². The summed E-state index contributed by atoms with van der Waals surface area (Å²) in [5.41, 5.74) is 2.78. The zero-order chi connectivity index (χ0) is 20.9. The number of nitrogens with one attached hydrogen (secondary N) is 1.